The Bertz CT molecular complexity index is 492. The van der Waals surface area contributed by atoms with Gasteiger partial charge in [0.1, 0.15) is 0 Å². The first-order chi connectivity index (χ1) is 9.75. The molecule has 0 bridgehead atoms. The molecule has 1 saturated carbocycles. The molecule has 0 saturated heterocycles. The number of fused-ring (bicyclic) bond motifs is 2. The summed E-state index contributed by atoms with van der Waals surface area (Å²) in [5.41, 5.74) is 3.04. The molecule has 0 radical (unpaired) electrons. The van der Waals surface area contributed by atoms with Crippen LogP contribution >= 0.6 is 0 Å². The van der Waals surface area contributed by atoms with Crippen LogP contribution in [0.4, 0.5) is 4.79 Å². The Morgan fingerprint density at radius 1 is 1.30 bits per heavy atom. The maximum Gasteiger partial charge on any atom is 0.407 e. The fourth-order valence-electron chi connectivity index (χ4n) is 4.04. The van der Waals surface area contributed by atoms with E-state index >= 15 is 0 Å². The van der Waals surface area contributed by atoms with Crippen molar-refractivity contribution in [1.29, 1.82) is 0 Å². The number of carbonyl (C=O) groups is 1. The lowest BCUT2D eigenvalue weighted by Gasteiger charge is -2.34. The molecule has 20 heavy (non-hydrogen) atoms. The van der Waals surface area contributed by atoms with Crippen molar-refractivity contribution >= 4 is 6.09 Å². The van der Waals surface area contributed by atoms with Gasteiger partial charge in [0, 0.05) is 0 Å². The number of nitrogens with one attached hydrogen (secondary N) is 1. The number of ether oxygens (including phenoxy) is 1. The molecule has 1 atom stereocenters. The van der Waals surface area contributed by atoms with Gasteiger partial charge in [0.15, 0.2) is 0 Å². The molecule has 1 aromatic rings. The molecular formula is C17H23NO2. The predicted molar refractivity (Wildman–Crippen MR) is 78.7 cm³/mol. The lowest BCUT2D eigenvalue weighted by molar-refractivity contribution is 0.145. The third kappa shape index (κ3) is 2.30. The summed E-state index contributed by atoms with van der Waals surface area (Å²) >= 11 is 0. The first-order valence-electron chi connectivity index (χ1n) is 7.78. The summed E-state index contributed by atoms with van der Waals surface area (Å²) in [7, 11) is 0. The highest BCUT2D eigenvalue weighted by Crippen LogP contribution is 2.52. The maximum atomic E-state index is 11.7. The quantitative estimate of drug-likeness (QED) is 0.881. The van der Waals surface area contributed by atoms with Crippen molar-refractivity contribution in [2.75, 3.05) is 6.61 Å². The minimum atomic E-state index is -0.292. The standard InChI is InChI=1S/C17H23NO2/c1-2-20-16(19)18-15-12-17(10-6-3-7-11-17)14-9-5-4-8-13(14)15/h4-5,8-9,15H,2-3,6-7,10-12H2,1H3,(H,18,19)/t15-/m0/s1. The molecule has 0 aromatic heterocycles. The lowest BCUT2D eigenvalue weighted by Crippen LogP contribution is -2.31. The van der Waals surface area contributed by atoms with E-state index in [-0.39, 0.29) is 12.1 Å². The van der Waals surface area contributed by atoms with E-state index in [1.165, 1.54) is 43.2 Å². The van der Waals surface area contributed by atoms with Crippen LogP contribution in [0.2, 0.25) is 0 Å². The second-order valence-corrected chi connectivity index (χ2v) is 6.05. The molecule has 1 spiro atoms. The summed E-state index contributed by atoms with van der Waals surface area (Å²) in [5, 5.41) is 3.05. The number of alkyl carbamates (subject to hydrolysis) is 1. The highest BCUT2D eigenvalue weighted by Gasteiger charge is 2.44. The summed E-state index contributed by atoms with van der Waals surface area (Å²) in [6, 6.07) is 8.73. The molecule has 0 aliphatic heterocycles. The molecular weight excluding hydrogens is 250 g/mol. The van der Waals surface area contributed by atoms with Crippen molar-refractivity contribution in [2.45, 2.75) is 56.9 Å². The van der Waals surface area contributed by atoms with E-state index < -0.39 is 0 Å². The average molecular weight is 273 g/mol. The molecule has 1 N–H and O–H groups in total. The number of hydrogen-bond acceptors (Lipinski definition) is 2. The predicted octanol–water partition coefficient (Wildman–Crippen LogP) is 4.08. The monoisotopic (exact) mass is 273 g/mol. The fraction of sp³-hybridized carbons (Fsp3) is 0.588. The van der Waals surface area contributed by atoms with Crippen LogP contribution in [-0.4, -0.2) is 12.7 Å². The van der Waals surface area contributed by atoms with E-state index in [1.807, 2.05) is 6.92 Å². The summed E-state index contributed by atoms with van der Waals surface area (Å²) in [6.45, 7) is 2.26. The van der Waals surface area contributed by atoms with Crippen LogP contribution in [0.5, 0.6) is 0 Å². The fourth-order valence-corrected chi connectivity index (χ4v) is 4.04. The van der Waals surface area contributed by atoms with Gasteiger partial charge in [-0.1, -0.05) is 43.5 Å². The SMILES string of the molecule is CCOC(=O)N[C@H]1CC2(CCCCC2)c2ccccc21. The van der Waals surface area contributed by atoms with E-state index in [1.54, 1.807) is 0 Å². The highest BCUT2D eigenvalue weighted by molar-refractivity contribution is 5.68. The van der Waals surface area contributed by atoms with E-state index in [0.29, 0.717) is 12.0 Å². The second kappa shape index (κ2) is 5.47. The molecule has 2 aliphatic rings. The Morgan fingerprint density at radius 2 is 2.05 bits per heavy atom. The van der Waals surface area contributed by atoms with Gasteiger partial charge in [0.25, 0.3) is 0 Å². The van der Waals surface area contributed by atoms with E-state index in [2.05, 4.69) is 29.6 Å². The van der Waals surface area contributed by atoms with Crippen molar-refractivity contribution in [1.82, 2.24) is 5.32 Å². The highest BCUT2D eigenvalue weighted by atomic mass is 16.5. The van der Waals surface area contributed by atoms with Crippen molar-refractivity contribution < 1.29 is 9.53 Å². The Hall–Kier alpha value is -1.51. The van der Waals surface area contributed by atoms with Gasteiger partial charge in [-0.2, -0.15) is 0 Å². The van der Waals surface area contributed by atoms with Crippen LogP contribution in [-0.2, 0) is 10.2 Å². The number of rotatable bonds is 2. The normalized spacial score (nSPS) is 23.4. The molecule has 0 unspecified atom stereocenters. The van der Waals surface area contributed by atoms with Gasteiger partial charge in [0.2, 0.25) is 0 Å². The van der Waals surface area contributed by atoms with Crippen molar-refractivity contribution in [3.05, 3.63) is 35.4 Å². The Kier molecular flexibility index (Phi) is 3.68. The van der Waals surface area contributed by atoms with Gasteiger partial charge in [-0.3, -0.25) is 0 Å². The Labute approximate surface area is 120 Å². The van der Waals surface area contributed by atoms with Crippen LogP contribution < -0.4 is 5.32 Å². The number of benzene rings is 1. The largest absolute Gasteiger partial charge is 0.450 e. The first kappa shape index (κ1) is 13.5. The smallest absolute Gasteiger partial charge is 0.407 e. The molecule has 1 aromatic carbocycles. The van der Waals surface area contributed by atoms with Crippen LogP contribution in [0.3, 0.4) is 0 Å². The lowest BCUT2D eigenvalue weighted by atomic mass is 9.70. The summed E-state index contributed by atoms with van der Waals surface area (Å²) in [5.74, 6) is 0. The zero-order valence-electron chi connectivity index (χ0n) is 12.2. The number of amides is 1. The number of hydrogen-bond donors (Lipinski definition) is 1. The van der Waals surface area contributed by atoms with Gasteiger partial charge in [-0.05, 0) is 42.7 Å². The van der Waals surface area contributed by atoms with Crippen LogP contribution in [0.1, 0.15) is 62.6 Å². The third-order valence-corrected chi connectivity index (χ3v) is 4.88. The second-order valence-electron chi connectivity index (χ2n) is 6.05. The molecule has 2 aliphatic carbocycles. The molecule has 3 heteroatoms. The van der Waals surface area contributed by atoms with Gasteiger partial charge in [-0.15, -0.1) is 0 Å². The minimum Gasteiger partial charge on any atom is -0.450 e. The van der Waals surface area contributed by atoms with Gasteiger partial charge in [0.05, 0.1) is 12.6 Å². The van der Waals surface area contributed by atoms with Gasteiger partial charge >= 0.3 is 6.09 Å². The zero-order chi connectivity index (χ0) is 14.0. The topological polar surface area (TPSA) is 38.3 Å². The van der Waals surface area contributed by atoms with Crippen LogP contribution in [0.15, 0.2) is 24.3 Å². The van der Waals surface area contributed by atoms with Crippen molar-refractivity contribution in [3.8, 4) is 0 Å². The van der Waals surface area contributed by atoms with E-state index in [0.717, 1.165) is 6.42 Å². The summed E-state index contributed by atoms with van der Waals surface area (Å²) < 4.78 is 5.04. The third-order valence-electron chi connectivity index (χ3n) is 4.88. The Balaban J connectivity index is 1.86. The minimum absolute atomic E-state index is 0.114. The van der Waals surface area contributed by atoms with Crippen molar-refractivity contribution in [2.24, 2.45) is 0 Å². The molecule has 3 nitrogen and oxygen atoms in total. The average Bonchev–Trinajstić information content (AvgIpc) is 2.75. The zero-order valence-corrected chi connectivity index (χ0v) is 12.2. The maximum absolute atomic E-state index is 11.7. The molecule has 0 heterocycles. The van der Waals surface area contributed by atoms with Gasteiger partial charge in [-0.25, -0.2) is 4.79 Å². The van der Waals surface area contributed by atoms with E-state index in [4.69, 9.17) is 4.74 Å². The molecule has 1 fully saturated rings. The Morgan fingerprint density at radius 3 is 2.80 bits per heavy atom. The number of carbonyl (C=O) groups excluding carboxylic acids is 1. The molecule has 1 amide bonds. The molecule has 3 rings (SSSR count). The summed E-state index contributed by atoms with van der Waals surface area (Å²) in [6.07, 6.45) is 7.21. The molecule has 108 valence electrons. The van der Waals surface area contributed by atoms with Gasteiger partial charge < -0.3 is 10.1 Å². The van der Waals surface area contributed by atoms with Crippen molar-refractivity contribution in [3.63, 3.8) is 0 Å². The van der Waals surface area contributed by atoms with E-state index in [9.17, 15) is 4.79 Å². The van der Waals surface area contributed by atoms with Crippen LogP contribution in [0, 0.1) is 0 Å². The first-order valence-corrected chi connectivity index (χ1v) is 7.78. The van der Waals surface area contributed by atoms with Crippen LogP contribution in [0.25, 0.3) is 0 Å². The summed E-state index contributed by atoms with van der Waals surface area (Å²) in [4.78, 5) is 11.7.